The lowest BCUT2D eigenvalue weighted by atomic mass is 10.0. The van der Waals surface area contributed by atoms with Crippen molar-refractivity contribution in [3.05, 3.63) is 0 Å². The highest BCUT2D eigenvalue weighted by Gasteiger charge is 2.46. The van der Waals surface area contributed by atoms with Crippen molar-refractivity contribution in [1.29, 1.82) is 0 Å². The molecule has 0 radical (unpaired) electrons. The fourth-order valence-corrected chi connectivity index (χ4v) is 6.18. The predicted octanol–water partition coefficient (Wildman–Crippen LogP) is 4.75. The first-order valence-electron chi connectivity index (χ1n) is 16.7. The maximum absolute atomic E-state index is 12.4. The number of hydrogen-bond acceptors (Lipinski definition) is 9. The lowest BCUT2D eigenvalue weighted by molar-refractivity contribution is -0.122. The van der Waals surface area contributed by atoms with E-state index in [4.69, 9.17) is 18.9 Å². The van der Waals surface area contributed by atoms with Crippen LogP contribution in [0.3, 0.4) is 0 Å². The van der Waals surface area contributed by atoms with Gasteiger partial charge in [0.05, 0.1) is 30.5 Å². The Kier molecular flexibility index (Phi) is 13.1. The van der Waals surface area contributed by atoms with Crippen molar-refractivity contribution >= 4 is 23.1 Å². The molecule has 4 aliphatic heterocycles. The zero-order valence-electron chi connectivity index (χ0n) is 25.6. The molecule has 4 rings (SSSR count). The molecule has 9 atom stereocenters. The summed E-state index contributed by atoms with van der Waals surface area (Å²) in [5, 5.41) is 10.2. The van der Waals surface area contributed by atoms with Crippen LogP contribution in [-0.2, 0) is 38.1 Å². The number of epoxide rings is 4. The number of ketones is 4. The zero-order valence-corrected chi connectivity index (χ0v) is 25.6. The second kappa shape index (κ2) is 16.5. The highest BCUT2D eigenvalue weighted by atomic mass is 16.6. The normalized spacial score (nSPS) is 31.4. The summed E-state index contributed by atoms with van der Waals surface area (Å²) in [6, 6.07) is 0. The maximum Gasteiger partial charge on any atom is 0.166 e. The largest absolute Gasteiger partial charge is 0.393 e. The van der Waals surface area contributed by atoms with E-state index in [1.165, 1.54) is 19.8 Å². The fraction of sp³-hybridized carbons (Fsp3) is 0.879. The predicted molar refractivity (Wildman–Crippen MR) is 155 cm³/mol. The quantitative estimate of drug-likeness (QED) is 0.111. The number of Topliss-reactive ketones (excluding diaryl/α,β-unsaturated/α-hetero) is 4. The lowest BCUT2D eigenvalue weighted by Crippen LogP contribution is -2.19. The monoisotopic (exact) mass is 592 g/mol. The van der Waals surface area contributed by atoms with Crippen LogP contribution in [0.4, 0.5) is 0 Å². The smallest absolute Gasteiger partial charge is 0.166 e. The summed E-state index contributed by atoms with van der Waals surface area (Å²) in [6.45, 7) is 3.70. The van der Waals surface area contributed by atoms with E-state index in [2.05, 4.69) is 6.92 Å². The summed E-state index contributed by atoms with van der Waals surface area (Å²) >= 11 is 0. The molecule has 0 amide bonds. The van der Waals surface area contributed by atoms with Crippen molar-refractivity contribution in [2.24, 2.45) is 0 Å². The minimum Gasteiger partial charge on any atom is -0.393 e. The van der Waals surface area contributed by atoms with Crippen molar-refractivity contribution < 1.29 is 43.2 Å². The van der Waals surface area contributed by atoms with Gasteiger partial charge in [0.25, 0.3) is 0 Å². The topological polar surface area (TPSA) is 139 Å². The van der Waals surface area contributed by atoms with Gasteiger partial charge in [-0.3, -0.25) is 19.2 Å². The molecule has 238 valence electrons. The first kappa shape index (κ1) is 33.4. The zero-order chi connectivity index (χ0) is 30.1. The van der Waals surface area contributed by atoms with Crippen molar-refractivity contribution in [3.63, 3.8) is 0 Å². The number of hydrogen-bond donors (Lipinski definition) is 1. The number of aliphatic hydroxyl groups is 1. The van der Waals surface area contributed by atoms with Gasteiger partial charge < -0.3 is 24.1 Å². The Morgan fingerprint density at radius 1 is 0.571 bits per heavy atom. The Balaban J connectivity index is 0.917. The molecule has 42 heavy (non-hydrogen) atoms. The Labute approximate surface area is 250 Å². The molecule has 0 aromatic carbocycles. The second-order valence-corrected chi connectivity index (χ2v) is 12.9. The Morgan fingerprint density at radius 3 is 1.48 bits per heavy atom. The van der Waals surface area contributed by atoms with Gasteiger partial charge in [0.1, 0.15) is 24.4 Å². The molecule has 0 aromatic rings. The molecule has 4 aliphatic rings. The number of carbonyl (C=O) groups is 4. The first-order valence-corrected chi connectivity index (χ1v) is 16.7. The van der Waals surface area contributed by atoms with Gasteiger partial charge in [-0.25, -0.2) is 0 Å². The second-order valence-electron chi connectivity index (χ2n) is 12.9. The van der Waals surface area contributed by atoms with E-state index in [-0.39, 0.29) is 72.3 Å². The Bertz CT molecular complexity index is 919. The molecule has 9 nitrogen and oxygen atoms in total. The highest BCUT2D eigenvalue weighted by Crippen LogP contribution is 2.33. The van der Waals surface area contributed by atoms with E-state index in [0.29, 0.717) is 19.3 Å². The van der Waals surface area contributed by atoms with Crippen LogP contribution in [0.5, 0.6) is 0 Å². The third-order valence-electron chi connectivity index (χ3n) is 9.06. The molecule has 0 saturated carbocycles. The molecule has 1 unspecified atom stereocenters. The molecule has 9 heteroatoms. The van der Waals surface area contributed by atoms with Crippen LogP contribution in [0.2, 0.25) is 0 Å². The van der Waals surface area contributed by atoms with Crippen molar-refractivity contribution in [1.82, 2.24) is 0 Å². The van der Waals surface area contributed by atoms with Gasteiger partial charge in [-0.1, -0.05) is 51.9 Å². The van der Waals surface area contributed by atoms with E-state index in [1.807, 2.05) is 0 Å². The number of carbonyl (C=O) groups excluding carboxylic acids is 4. The SMILES string of the molecule is CCCCC[C@H]1O[C@H]1C(=O)CCCCC[C@H]1O[C@H]1C(=O)CCCCC[C@H]1O[C@H]1C(=O)CC(O)CCC[C@H]1O[C@H]1C(C)=O. The van der Waals surface area contributed by atoms with E-state index in [0.717, 1.165) is 77.0 Å². The van der Waals surface area contributed by atoms with Gasteiger partial charge in [0.2, 0.25) is 0 Å². The summed E-state index contributed by atoms with van der Waals surface area (Å²) in [5.41, 5.74) is 0. The summed E-state index contributed by atoms with van der Waals surface area (Å²) in [7, 11) is 0. The van der Waals surface area contributed by atoms with Crippen molar-refractivity contribution in [2.75, 3.05) is 0 Å². The highest BCUT2D eigenvalue weighted by molar-refractivity contribution is 5.87. The van der Waals surface area contributed by atoms with Crippen LogP contribution >= 0.6 is 0 Å². The Morgan fingerprint density at radius 2 is 1.00 bits per heavy atom. The summed E-state index contributed by atoms with van der Waals surface area (Å²) < 4.78 is 22.0. The maximum atomic E-state index is 12.4. The third-order valence-corrected chi connectivity index (χ3v) is 9.06. The summed E-state index contributed by atoms with van der Waals surface area (Å²) in [4.78, 5) is 48.2. The molecular weight excluding hydrogens is 540 g/mol. The van der Waals surface area contributed by atoms with Crippen LogP contribution in [-0.4, -0.2) is 83.2 Å². The van der Waals surface area contributed by atoms with Crippen LogP contribution in [0.25, 0.3) is 0 Å². The van der Waals surface area contributed by atoms with Gasteiger partial charge >= 0.3 is 0 Å². The molecule has 0 bridgehead atoms. The molecular formula is C33H52O9. The van der Waals surface area contributed by atoms with Gasteiger partial charge in [-0.2, -0.15) is 0 Å². The van der Waals surface area contributed by atoms with E-state index in [9.17, 15) is 24.3 Å². The van der Waals surface area contributed by atoms with Crippen LogP contribution in [0.15, 0.2) is 0 Å². The summed E-state index contributed by atoms with van der Waals surface area (Å²) in [5.74, 6) is 0.436. The first-order chi connectivity index (χ1) is 20.3. The van der Waals surface area contributed by atoms with Gasteiger partial charge in [0.15, 0.2) is 23.1 Å². The molecule has 0 aromatic heterocycles. The number of ether oxygens (including phenoxy) is 4. The van der Waals surface area contributed by atoms with Crippen LogP contribution in [0.1, 0.15) is 129 Å². The molecule has 1 N–H and O–H groups in total. The number of unbranched alkanes of at least 4 members (excludes halogenated alkanes) is 6. The average Bonchev–Trinajstić information content (AvgIpc) is 3.76. The van der Waals surface area contributed by atoms with E-state index < -0.39 is 12.2 Å². The number of rotatable bonds is 26. The molecule has 4 fully saturated rings. The molecule has 4 heterocycles. The minimum absolute atomic E-state index is 0.0230. The Hall–Kier alpha value is -1.52. The summed E-state index contributed by atoms with van der Waals surface area (Å²) in [6.07, 6.45) is 13.2. The molecule has 0 spiro atoms. The molecule has 4 saturated heterocycles. The van der Waals surface area contributed by atoms with Gasteiger partial charge in [0, 0.05) is 19.3 Å². The van der Waals surface area contributed by atoms with Gasteiger partial charge in [-0.05, 0) is 58.3 Å². The third kappa shape index (κ3) is 11.2. The van der Waals surface area contributed by atoms with E-state index >= 15 is 0 Å². The van der Waals surface area contributed by atoms with Crippen molar-refractivity contribution in [2.45, 2.75) is 184 Å². The number of aliphatic hydroxyl groups excluding tert-OH is 1. The lowest BCUT2D eigenvalue weighted by Gasteiger charge is -2.08. The standard InChI is InChI=1S/C33H52O9/c1-3-4-7-16-27-31(40-27)23(36)14-8-5-10-17-28-32(41-28)24(37)15-9-6-11-18-29-33(42-29)25(38)20-22(35)13-12-19-26-30(39-26)21(2)34/h22,26-33,35H,3-20H2,1-2H3/t22?,26-,27-,28-,29-,30+,31+,32+,33+/m1/s1. The fourth-order valence-electron chi connectivity index (χ4n) is 6.18. The van der Waals surface area contributed by atoms with Crippen LogP contribution < -0.4 is 0 Å². The van der Waals surface area contributed by atoms with Gasteiger partial charge in [-0.15, -0.1) is 0 Å². The average molecular weight is 593 g/mol. The van der Waals surface area contributed by atoms with E-state index in [1.54, 1.807) is 0 Å². The van der Waals surface area contributed by atoms with Crippen LogP contribution in [0, 0.1) is 0 Å². The van der Waals surface area contributed by atoms with Crippen molar-refractivity contribution in [3.8, 4) is 0 Å². The minimum atomic E-state index is -0.684. The molecule has 0 aliphatic carbocycles.